The van der Waals surface area contributed by atoms with Crippen molar-refractivity contribution >= 4 is 35.3 Å². The highest BCUT2D eigenvalue weighted by atomic mass is 16.5. The first kappa shape index (κ1) is 43.2. The Morgan fingerprint density at radius 2 is 1.14 bits per heavy atom. The van der Waals surface area contributed by atoms with Crippen LogP contribution in [-0.4, -0.2) is 104 Å². The molecular weight excluding hydrogens is 572 g/mol. The highest BCUT2D eigenvalue weighted by Gasteiger charge is 2.19. The van der Waals surface area contributed by atoms with Gasteiger partial charge in [-0.1, -0.05) is 10.2 Å². The molecule has 0 aromatic heterocycles. The molecule has 4 unspecified atom stereocenters. The highest BCUT2D eigenvalue weighted by molar-refractivity contribution is 5.91. The Kier molecular flexibility index (Phi) is 28.0. The van der Waals surface area contributed by atoms with Crippen molar-refractivity contribution in [3.8, 4) is 0 Å². The zero-order chi connectivity index (χ0) is 33.8. The van der Waals surface area contributed by atoms with E-state index in [1.54, 1.807) is 20.8 Å². The number of carboxylic acid groups (broad SMARTS) is 1. The smallest absolute Gasteiger partial charge is 0.305 e. The van der Waals surface area contributed by atoms with Crippen LogP contribution in [-0.2, 0) is 38.2 Å². The molecule has 0 saturated carbocycles. The number of Topliss-reactive ketones (excluding diaryl/α,β-unsaturated/α-hetero) is 2. The molecule has 19 heteroatoms. The minimum absolute atomic E-state index is 0.0176. The third-order valence-electron chi connectivity index (χ3n) is 4.85. The van der Waals surface area contributed by atoms with Crippen LogP contribution in [0.5, 0.6) is 0 Å². The number of ketones is 2. The van der Waals surface area contributed by atoms with Gasteiger partial charge in [-0.25, -0.2) is 0 Å². The summed E-state index contributed by atoms with van der Waals surface area (Å²) in [5.74, 6) is -2.18. The summed E-state index contributed by atoms with van der Waals surface area (Å²) in [6.07, 6.45) is 0.0758. The third kappa shape index (κ3) is 30.5. The number of hydrogen-bond donors (Lipinski definition) is 5. The van der Waals surface area contributed by atoms with E-state index in [4.69, 9.17) is 31.4 Å². The van der Waals surface area contributed by atoms with Gasteiger partial charge in [0, 0.05) is 29.3 Å². The molecule has 0 aromatic rings. The molecule has 0 saturated heterocycles. The zero-order valence-electron chi connectivity index (χ0n) is 25.4. The second-order valence-electron chi connectivity index (χ2n) is 8.79. The van der Waals surface area contributed by atoms with Gasteiger partial charge in [-0.2, -0.15) is 0 Å². The molecule has 0 aliphatic carbocycles. The number of rotatable bonds is 19. The number of nitrogens with two attached hydrogens (primary N) is 1. The van der Waals surface area contributed by atoms with Crippen LogP contribution in [0.4, 0.5) is 0 Å². The lowest BCUT2D eigenvalue weighted by Crippen LogP contribution is -2.49. The minimum Gasteiger partial charge on any atom is -0.481 e. The lowest BCUT2D eigenvalue weighted by molar-refractivity contribution is -0.138. The summed E-state index contributed by atoms with van der Waals surface area (Å²) in [5, 5.41) is 22.1. The molecule has 0 heterocycles. The van der Waals surface area contributed by atoms with Crippen LogP contribution in [0.2, 0.25) is 0 Å². The lowest BCUT2D eigenvalue weighted by Gasteiger charge is -2.16. The standard InChI is InChI=1S/C12H21N5O4.C7H14N2O2.C5H9N3O3/c1-8(10(3)18)16-12(20)9(2)15-11(19)4-6-21-7-5-14-17-13;1-4(8)7(11)9-5(2)6(3)10;6-8-7-2-4-11-3-1-5(9)10/h8-9H,4-7H2,1-3H3,(H,15,19)(H,16,20);4-5H,8H2,1-3H3,(H,9,11);1-4H2,(H,9,10). The number of carboxylic acids is 1. The average molecular weight is 617 g/mol. The Hall–Kier alpha value is -4.28. The molecule has 244 valence electrons. The van der Waals surface area contributed by atoms with Crippen LogP contribution >= 0.6 is 0 Å². The van der Waals surface area contributed by atoms with E-state index in [-0.39, 0.29) is 75.7 Å². The van der Waals surface area contributed by atoms with Crippen LogP contribution in [0, 0.1) is 0 Å². The van der Waals surface area contributed by atoms with Gasteiger partial charge in [-0.3, -0.25) is 28.8 Å². The first-order valence-electron chi connectivity index (χ1n) is 13.2. The molecule has 0 fully saturated rings. The van der Waals surface area contributed by atoms with Gasteiger partial charge < -0.3 is 36.3 Å². The van der Waals surface area contributed by atoms with E-state index in [1.807, 2.05) is 0 Å². The van der Waals surface area contributed by atoms with E-state index in [2.05, 4.69) is 36.0 Å². The van der Waals surface area contributed by atoms with Crippen molar-refractivity contribution < 1.29 is 43.3 Å². The molecule has 4 atom stereocenters. The Morgan fingerprint density at radius 3 is 1.51 bits per heavy atom. The molecule has 43 heavy (non-hydrogen) atoms. The summed E-state index contributed by atoms with van der Waals surface area (Å²) >= 11 is 0. The second kappa shape index (κ2) is 27.9. The van der Waals surface area contributed by atoms with Crippen LogP contribution in [0.25, 0.3) is 20.9 Å². The Labute approximate surface area is 249 Å². The van der Waals surface area contributed by atoms with Gasteiger partial charge >= 0.3 is 5.97 Å². The van der Waals surface area contributed by atoms with Crippen molar-refractivity contribution in [1.82, 2.24) is 16.0 Å². The first-order chi connectivity index (χ1) is 20.1. The Balaban J connectivity index is -0.000000614. The molecule has 3 amide bonds. The van der Waals surface area contributed by atoms with Gasteiger partial charge in [0.25, 0.3) is 0 Å². The Bertz CT molecular complexity index is 977. The summed E-state index contributed by atoms with van der Waals surface area (Å²) < 4.78 is 9.87. The van der Waals surface area contributed by atoms with Crippen molar-refractivity contribution in [1.29, 1.82) is 0 Å². The quantitative estimate of drug-likeness (QED) is 0.0579. The monoisotopic (exact) mass is 616 g/mol. The molecule has 0 bridgehead atoms. The molecule has 19 nitrogen and oxygen atoms in total. The summed E-state index contributed by atoms with van der Waals surface area (Å²) in [6.45, 7) is 10.4. The number of ether oxygens (including phenoxy) is 2. The molecule has 0 aromatic carbocycles. The van der Waals surface area contributed by atoms with Crippen molar-refractivity contribution in [3.63, 3.8) is 0 Å². The topological polar surface area (TPSA) is 301 Å². The van der Waals surface area contributed by atoms with Crippen LogP contribution < -0.4 is 21.7 Å². The van der Waals surface area contributed by atoms with Gasteiger partial charge in [-0.05, 0) is 52.6 Å². The van der Waals surface area contributed by atoms with Crippen molar-refractivity contribution in [2.45, 2.75) is 78.6 Å². The summed E-state index contributed by atoms with van der Waals surface area (Å²) in [4.78, 5) is 70.8. The summed E-state index contributed by atoms with van der Waals surface area (Å²) in [6, 6.07) is -2.31. The number of carbonyl (C=O) groups is 6. The zero-order valence-corrected chi connectivity index (χ0v) is 25.4. The molecular formula is C24H44N10O9. The lowest BCUT2D eigenvalue weighted by atomic mass is 10.2. The van der Waals surface area contributed by atoms with E-state index >= 15 is 0 Å². The number of nitrogens with zero attached hydrogens (tertiary/aromatic N) is 6. The van der Waals surface area contributed by atoms with E-state index in [1.165, 1.54) is 20.8 Å². The number of azide groups is 2. The average Bonchev–Trinajstić information content (AvgIpc) is 2.92. The number of hydrogen-bond acceptors (Lipinski definition) is 11. The third-order valence-corrected chi connectivity index (χ3v) is 4.85. The number of carbonyl (C=O) groups excluding carboxylic acids is 5. The van der Waals surface area contributed by atoms with Gasteiger partial charge in [0.15, 0.2) is 11.6 Å². The summed E-state index contributed by atoms with van der Waals surface area (Å²) in [7, 11) is 0. The SMILES string of the molecule is CC(=O)C(C)NC(=O)C(C)N.CC(=O)C(C)NC(=O)C(C)NC(=O)CCOCCN=[N+]=[N-].[N-]=[N+]=NCCOCCC(=O)O. The van der Waals surface area contributed by atoms with Crippen molar-refractivity contribution in [3.05, 3.63) is 20.9 Å². The molecule has 0 radical (unpaired) electrons. The fourth-order valence-electron chi connectivity index (χ4n) is 2.09. The van der Waals surface area contributed by atoms with Crippen LogP contribution in [0.1, 0.15) is 54.4 Å². The number of aliphatic carboxylic acids is 1. The summed E-state index contributed by atoms with van der Waals surface area (Å²) in [5.41, 5.74) is 21.1. The van der Waals surface area contributed by atoms with E-state index in [9.17, 15) is 28.8 Å². The predicted octanol–water partition coefficient (Wildman–Crippen LogP) is 0.517. The van der Waals surface area contributed by atoms with Gasteiger partial charge in [0.1, 0.15) is 6.04 Å². The minimum atomic E-state index is -0.895. The first-order valence-corrected chi connectivity index (χ1v) is 13.2. The molecule has 0 spiro atoms. The fourth-order valence-corrected chi connectivity index (χ4v) is 2.09. The maximum absolute atomic E-state index is 11.7. The number of nitrogens with one attached hydrogen (secondary N) is 3. The maximum atomic E-state index is 11.7. The van der Waals surface area contributed by atoms with Crippen molar-refractivity contribution in [2.24, 2.45) is 16.0 Å². The molecule has 6 N–H and O–H groups in total. The highest BCUT2D eigenvalue weighted by Crippen LogP contribution is 1.91. The predicted molar refractivity (Wildman–Crippen MR) is 154 cm³/mol. The van der Waals surface area contributed by atoms with Gasteiger partial charge in [0.2, 0.25) is 17.7 Å². The normalized spacial score (nSPS) is 12.3. The van der Waals surface area contributed by atoms with Gasteiger partial charge in [0.05, 0.1) is 51.0 Å². The maximum Gasteiger partial charge on any atom is 0.305 e. The van der Waals surface area contributed by atoms with E-state index < -0.39 is 36.0 Å². The molecule has 0 aliphatic rings. The number of amides is 3. The largest absolute Gasteiger partial charge is 0.481 e. The van der Waals surface area contributed by atoms with Crippen molar-refractivity contribution in [2.75, 3.05) is 39.5 Å². The van der Waals surface area contributed by atoms with E-state index in [0.29, 0.717) is 0 Å². The Morgan fingerprint density at radius 1 is 0.721 bits per heavy atom. The molecule has 0 aliphatic heterocycles. The van der Waals surface area contributed by atoms with Crippen LogP contribution in [0.15, 0.2) is 10.2 Å². The fraction of sp³-hybridized carbons (Fsp3) is 0.750. The van der Waals surface area contributed by atoms with Crippen LogP contribution in [0.3, 0.4) is 0 Å². The van der Waals surface area contributed by atoms with Gasteiger partial charge in [-0.15, -0.1) is 0 Å². The second-order valence-corrected chi connectivity index (χ2v) is 8.79. The molecule has 0 rings (SSSR count). The van der Waals surface area contributed by atoms with E-state index in [0.717, 1.165) is 0 Å².